The molecular formula is C10H12I2Pt. The Hall–Kier alpha value is 1.11. The summed E-state index contributed by atoms with van der Waals surface area (Å²) in [4.78, 5) is 0. The van der Waals surface area contributed by atoms with Gasteiger partial charge in [-0.25, -0.2) is 0 Å². The maximum atomic E-state index is 2.39. The minimum absolute atomic E-state index is 0.523. The van der Waals surface area contributed by atoms with Gasteiger partial charge < -0.3 is 0 Å². The molecule has 2 aliphatic carbocycles. The van der Waals surface area contributed by atoms with Crippen LogP contribution in [-0.2, 0) is 11.2 Å². The molecule has 0 aromatic heterocycles. The second kappa shape index (κ2) is 13.1. The van der Waals surface area contributed by atoms with Crippen LogP contribution < -0.4 is 0 Å². The van der Waals surface area contributed by atoms with Gasteiger partial charge in [0.1, 0.15) is 0 Å². The van der Waals surface area contributed by atoms with E-state index in [9.17, 15) is 0 Å². The molecule has 76 valence electrons. The molecule has 3 heteroatoms. The van der Waals surface area contributed by atoms with E-state index in [2.05, 4.69) is 87.3 Å². The van der Waals surface area contributed by atoms with Crippen molar-refractivity contribution in [3.05, 3.63) is 48.6 Å². The molecule has 0 radical (unpaired) electrons. The second-order valence-corrected chi connectivity index (χ2v) is 18.8. The molecule has 2 rings (SSSR count). The molecule has 0 fully saturated rings. The van der Waals surface area contributed by atoms with Gasteiger partial charge in [0.2, 0.25) is 0 Å². The van der Waals surface area contributed by atoms with E-state index >= 15 is 0 Å². The van der Waals surface area contributed by atoms with Gasteiger partial charge in [0.15, 0.2) is 0 Å². The monoisotopic (exact) mass is 581 g/mol. The SMILES string of the molecule is C1=CCC=C1.C1=CCC=C1.[I][Pt][I]. The first-order chi connectivity index (χ1) is 6.41. The average Bonchev–Trinajstić information content (AvgIpc) is 2.85. The van der Waals surface area contributed by atoms with Gasteiger partial charge in [0.05, 0.1) is 0 Å². The topological polar surface area (TPSA) is 0 Å². The Labute approximate surface area is 110 Å². The number of allylic oxidation sites excluding steroid dienone is 8. The Morgan fingerprint density at radius 1 is 0.692 bits per heavy atom. The molecule has 0 N–H and O–H groups in total. The van der Waals surface area contributed by atoms with Gasteiger partial charge in [0.25, 0.3) is 0 Å². The van der Waals surface area contributed by atoms with Crippen molar-refractivity contribution in [2.75, 3.05) is 0 Å². The van der Waals surface area contributed by atoms with Crippen LogP contribution in [0.15, 0.2) is 48.6 Å². The molecule has 0 bridgehead atoms. The Morgan fingerprint density at radius 3 is 1.00 bits per heavy atom. The average molecular weight is 581 g/mol. The Kier molecular flexibility index (Phi) is 14.2. The molecule has 0 aromatic rings. The van der Waals surface area contributed by atoms with Crippen molar-refractivity contribution in [1.29, 1.82) is 0 Å². The van der Waals surface area contributed by atoms with Gasteiger partial charge in [-0.05, 0) is 12.8 Å². The van der Waals surface area contributed by atoms with Crippen LogP contribution in [0.2, 0.25) is 0 Å². The van der Waals surface area contributed by atoms with Crippen molar-refractivity contribution in [2.24, 2.45) is 0 Å². The van der Waals surface area contributed by atoms with Crippen molar-refractivity contribution < 1.29 is 11.2 Å². The second-order valence-electron chi connectivity index (χ2n) is 2.23. The van der Waals surface area contributed by atoms with Gasteiger partial charge in [-0.3, -0.25) is 0 Å². The first kappa shape index (κ1) is 14.1. The summed E-state index contributed by atoms with van der Waals surface area (Å²) >= 11 is 5.30. The van der Waals surface area contributed by atoms with Crippen molar-refractivity contribution >= 4 is 38.7 Å². The van der Waals surface area contributed by atoms with E-state index in [-0.39, 0.29) is 0 Å². The van der Waals surface area contributed by atoms with Crippen molar-refractivity contribution in [2.45, 2.75) is 12.8 Å². The quantitative estimate of drug-likeness (QED) is 0.362. The van der Waals surface area contributed by atoms with Crippen LogP contribution in [0.1, 0.15) is 12.8 Å². The predicted molar refractivity (Wildman–Crippen MR) is 73.8 cm³/mol. The zero-order valence-electron chi connectivity index (χ0n) is 7.11. The normalized spacial score (nSPS) is 15.2. The minimum atomic E-state index is 0.523. The Morgan fingerprint density at radius 2 is 0.923 bits per heavy atom. The van der Waals surface area contributed by atoms with E-state index in [0.29, 0.717) is 11.2 Å². The molecule has 0 heterocycles. The molecule has 0 atom stereocenters. The maximum absolute atomic E-state index is 2.39. The molecule has 0 aromatic carbocycles. The van der Waals surface area contributed by atoms with Crippen molar-refractivity contribution in [1.82, 2.24) is 0 Å². The van der Waals surface area contributed by atoms with Crippen LogP contribution in [0.3, 0.4) is 0 Å². The molecule has 0 nitrogen and oxygen atoms in total. The van der Waals surface area contributed by atoms with Crippen molar-refractivity contribution in [3.63, 3.8) is 0 Å². The van der Waals surface area contributed by atoms with E-state index in [4.69, 9.17) is 0 Å². The van der Waals surface area contributed by atoms with Crippen LogP contribution in [-0.4, -0.2) is 0 Å². The molecule has 13 heavy (non-hydrogen) atoms. The van der Waals surface area contributed by atoms with E-state index in [1.54, 1.807) is 0 Å². The van der Waals surface area contributed by atoms with E-state index in [0.717, 1.165) is 12.8 Å². The molecule has 0 saturated carbocycles. The van der Waals surface area contributed by atoms with E-state index in [1.165, 1.54) is 0 Å². The number of hydrogen-bond acceptors (Lipinski definition) is 0. The molecule has 0 unspecified atom stereocenters. The molecule has 2 aliphatic rings. The Balaban J connectivity index is 0.000000174. The summed E-state index contributed by atoms with van der Waals surface area (Å²) in [5.74, 6) is 0. The summed E-state index contributed by atoms with van der Waals surface area (Å²) in [5, 5.41) is 0. The van der Waals surface area contributed by atoms with Gasteiger partial charge in [-0.2, -0.15) is 0 Å². The Bertz CT molecular complexity index is 163. The summed E-state index contributed by atoms with van der Waals surface area (Å²) in [5.41, 5.74) is 0. The predicted octanol–water partition coefficient (Wildman–Crippen LogP) is 4.77. The zero-order chi connectivity index (χ0) is 9.78. The third kappa shape index (κ3) is 13.1. The molecule has 0 aliphatic heterocycles. The van der Waals surface area contributed by atoms with Gasteiger partial charge >= 0.3 is 49.9 Å². The fraction of sp³-hybridized carbons (Fsp3) is 0.200. The molecular weight excluding hydrogens is 569 g/mol. The fourth-order valence-electron chi connectivity index (χ4n) is 0.786. The van der Waals surface area contributed by atoms with Crippen molar-refractivity contribution in [3.8, 4) is 0 Å². The van der Waals surface area contributed by atoms with E-state index < -0.39 is 0 Å². The summed E-state index contributed by atoms with van der Waals surface area (Å²) in [6.07, 6.45) is 19.0. The first-order valence-corrected chi connectivity index (χ1v) is 16.8. The number of hydrogen-bond donors (Lipinski definition) is 0. The summed E-state index contributed by atoms with van der Waals surface area (Å²) in [6.45, 7) is 0. The summed E-state index contributed by atoms with van der Waals surface area (Å²) in [7, 11) is 0. The molecule has 0 amide bonds. The third-order valence-corrected chi connectivity index (χ3v) is 1.31. The number of rotatable bonds is 0. The van der Waals surface area contributed by atoms with Gasteiger partial charge in [-0.15, -0.1) is 0 Å². The van der Waals surface area contributed by atoms with Gasteiger partial charge in [-0.1, -0.05) is 48.6 Å². The molecule has 0 saturated heterocycles. The first-order valence-electron chi connectivity index (χ1n) is 3.87. The fourth-order valence-corrected chi connectivity index (χ4v) is 0.786. The van der Waals surface area contributed by atoms with Crippen LogP contribution in [0.25, 0.3) is 0 Å². The molecule has 0 spiro atoms. The third-order valence-electron chi connectivity index (χ3n) is 1.31. The van der Waals surface area contributed by atoms with Crippen LogP contribution in [0, 0.1) is 0 Å². The summed E-state index contributed by atoms with van der Waals surface area (Å²) < 4.78 is 0. The van der Waals surface area contributed by atoms with E-state index in [1.807, 2.05) is 0 Å². The van der Waals surface area contributed by atoms with Crippen LogP contribution in [0.4, 0.5) is 0 Å². The summed E-state index contributed by atoms with van der Waals surface area (Å²) in [6, 6.07) is 0. The van der Waals surface area contributed by atoms with Crippen LogP contribution in [0.5, 0.6) is 0 Å². The van der Waals surface area contributed by atoms with Gasteiger partial charge in [0, 0.05) is 0 Å². The zero-order valence-corrected chi connectivity index (χ0v) is 13.7. The number of halogens is 2. The standard InChI is InChI=1S/2C5H6.2HI.Pt/c2*1-2-4-5-3-1;;;/h2*1-4H,5H2;2*1H;/q;;;;+2/p-2. The van der Waals surface area contributed by atoms with Crippen LogP contribution >= 0.6 is 38.7 Å².